The molecule has 2 aliphatic carbocycles. The molecular weight excluding hydrogens is 833 g/mol. The highest BCUT2D eigenvalue weighted by Gasteiger charge is 2.37. The number of rotatable bonds is 2. The van der Waals surface area contributed by atoms with Crippen LogP contribution in [0.2, 0.25) is 0 Å². The molecule has 0 N–H and O–H groups in total. The molecule has 66 heavy (non-hydrogen) atoms. The van der Waals surface area contributed by atoms with E-state index in [-0.39, 0.29) is 10.8 Å². The number of fused-ring (bicyclic) bond motifs is 18. The molecule has 0 bridgehead atoms. The first kappa shape index (κ1) is 37.2. The Morgan fingerprint density at radius 1 is 0.258 bits per heavy atom. The molecule has 15 rings (SSSR count). The van der Waals surface area contributed by atoms with Gasteiger partial charge in [-0.1, -0.05) is 149 Å². The van der Waals surface area contributed by atoms with E-state index >= 15 is 0 Å². The molecule has 0 atom stereocenters. The molecule has 0 radical (unpaired) electrons. The van der Waals surface area contributed by atoms with Gasteiger partial charge in [-0.2, -0.15) is 0 Å². The van der Waals surface area contributed by atoms with Crippen molar-refractivity contribution >= 4 is 106 Å². The van der Waals surface area contributed by atoms with Gasteiger partial charge in [-0.15, -0.1) is 22.7 Å². The number of hydrogen-bond acceptors (Lipinski definition) is 2. The van der Waals surface area contributed by atoms with E-state index in [0.717, 1.165) is 0 Å². The lowest BCUT2D eigenvalue weighted by Gasteiger charge is -2.23. The van der Waals surface area contributed by atoms with Gasteiger partial charge in [-0.3, -0.25) is 0 Å². The topological polar surface area (TPSA) is 0 Å². The second-order valence-corrected chi connectivity index (χ2v) is 22.0. The van der Waals surface area contributed by atoms with Crippen LogP contribution in [-0.2, 0) is 10.8 Å². The van der Waals surface area contributed by atoms with Gasteiger partial charge in [0, 0.05) is 62.3 Å². The molecule has 310 valence electrons. The van der Waals surface area contributed by atoms with E-state index in [4.69, 9.17) is 0 Å². The first-order chi connectivity index (χ1) is 32.2. The fourth-order valence-corrected chi connectivity index (χ4v) is 15.0. The molecule has 0 nitrogen and oxygen atoms in total. The Hall–Kier alpha value is -7.10. The second-order valence-electron chi connectivity index (χ2n) is 19.9. The van der Waals surface area contributed by atoms with Gasteiger partial charge in [-0.25, -0.2) is 0 Å². The van der Waals surface area contributed by atoms with Crippen molar-refractivity contribution in [2.45, 2.75) is 38.5 Å². The summed E-state index contributed by atoms with van der Waals surface area (Å²) in [5.74, 6) is 0. The van der Waals surface area contributed by atoms with Crippen LogP contribution in [0.5, 0.6) is 0 Å². The van der Waals surface area contributed by atoms with Crippen LogP contribution in [0.15, 0.2) is 182 Å². The van der Waals surface area contributed by atoms with E-state index in [2.05, 4.69) is 210 Å². The molecule has 2 heteroatoms. The molecular formula is C64H42S2. The lowest BCUT2D eigenvalue weighted by atomic mass is 9.80. The van der Waals surface area contributed by atoms with Crippen LogP contribution in [0.3, 0.4) is 0 Å². The highest BCUT2D eigenvalue weighted by atomic mass is 32.1. The Bertz CT molecular complexity index is 4060. The maximum absolute atomic E-state index is 2.57. The van der Waals surface area contributed by atoms with Crippen molar-refractivity contribution in [2.24, 2.45) is 0 Å². The van der Waals surface area contributed by atoms with Crippen molar-refractivity contribution in [3.63, 3.8) is 0 Å². The van der Waals surface area contributed by atoms with Gasteiger partial charge in [0.25, 0.3) is 0 Å². The lowest BCUT2D eigenvalue weighted by Crippen LogP contribution is -2.14. The maximum atomic E-state index is 2.57. The summed E-state index contributed by atoms with van der Waals surface area (Å²) in [6.07, 6.45) is 0. The SMILES string of the molecule is CC1(C)c2ccccc2-c2cc3c(-c4cccc5c4sc4ccccc45)cc4cc5c(cc(-c6cccc7c6sc6ccccc67)c6cc7c(cc65)C(C)(C)c5ccccc5-7)cc4c3cc21. The summed E-state index contributed by atoms with van der Waals surface area (Å²) in [4.78, 5) is 0. The van der Waals surface area contributed by atoms with E-state index in [0.29, 0.717) is 0 Å². The van der Waals surface area contributed by atoms with E-state index in [1.165, 1.54) is 150 Å². The third-order valence-electron chi connectivity index (χ3n) is 15.8. The first-order valence-corrected chi connectivity index (χ1v) is 24.9. The first-order valence-electron chi connectivity index (χ1n) is 23.2. The number of benzene rings is 11. The summed E-state index contributed by atoms with van der Waals surface area (Å²) in [6, 6.07) is 70.2. The molecule has 13 aromatic rings. The van der Waals surface area contributed by atoms with Crippen LogP contribution in [-0.4, -0.2) is 0 Å². The van der Waals surface area contributed by atoms with Crippen LogP contribution in [0, 0.1) is 0 Å². The normalized spacial score (nSPS) is 14.6. The largest absolute Gasteiger partial charge is 0.135 e. The average molecular weight is 875 g/mol. The molecule has 0 spiro atoms. The van der Waals surface area contributed by atoms with Crippen LogP contribution in [0.25, 0.3) is 128 Å². The molecule has 0 fully saturated rings. The standard InChI is InChI=1S/C64H42S2/c1-63(2)55-23-9-5-15-37(55)53-31-49-47(43-21-13-19-41-39-17-7-11-25-59(39)65-61(41)43)29-35-28-46-36(27-45(35)51(49)33-57(53)63)30-48(44-22-14-20-42-40-18-8-12-26-60(40)66-62(42)44)50-32-54-38-16-6-10-24-56(38)64(3,4)58(54)34-52(46)50/h5-34H,1-4H3. The molecule has 0 amide bonds. The Balaban J connectivity index is 1.10. The predicted octanol–water partition coefficient (Wildman–Crippen LogP) is 19.0. The zero-order valence-electron chi connectivity index (χ0n) is 37.1. The van der Waals surface area contributed by atoms with Crippen molar-refractivity contribution in [1.29, 1.82) is 0 Å². The molecule has 2 aromatic heterocycles. The number of hydrogen-bond donors (Lipinski definition) is 0. The Morgan fingerprint density at radius 3 is 1.12 bits per heavy atom. The monoisotopic (exact) mass is 874 g/mol. The third kappa shape index (κ3) is 4.78. The minimum Gasteiger partial charge on any atom is -0.135 e. The molecule has 0 saturated heterocycles. The van der Waals surface area contributed by atoms with Gasteiger partial charge in [-0.05, 0) is 159 Å². The van der Waals surface area contributed by atoms with E-state index in [1.54, 1.807) is 0 Å². The van der Waals surface area contributed by atoms with Crippen molar-refractivity contribution in [2.75, 3.05) is 0 Å². The fourth-order valence-electron chi connectivity index (χ4n) is 12.6. The lowest BCUT2D eigenvalue weighted by molar-refractivity contribution is 0.661. The zero-order valence-corrected chi connectivity index (χ0v) is 38.8. The van der Waals surface area contributed by atoms with Gasteiger partial charge in [0.15, 0.2) is 0 Å². The van der Waals surface area contributed by atoms with Crippen molar-refractivity contribution in [3.05, 3.63) is 204 Å². The fraction of sp³-hybridized carbons (Fsp3) is 0.0938. The average Bonchev–Trinajstić information content (AvgIpc) is 4.05. The quantitative estimate of drug-likeness (QED) is 0.120. The van der Waals surface area contributed by atoms with E-state index in [1.807, 2.05) is 22.7 Å². The van der Waals surface area contributed by atoms with E-state index < -0.39 is 0 Å². The zero-order chi connectivity index (χ0) is 43.8. The molecule has 11 aromatic carbocycles. The highest BCUT2D eigenvalue weighted by molar-refractivity contribution is 7.26. The summed E-state index contributed by atoms with van der Waals surface area (Å²) in [5.41, 5.74) is 16.0. The minimum atomic E-state index is -0.123. The third-order valence-corrected chi connectivity index (χ3v) is 18.3. The second kappa shape index (κ2) is 12.8. The predicted molar refractivity (Wildman–Crippen MR) is 288 cm³/mol. The highest BCUT2D eigenvalue weighted by Crippen LogP contribution is 2.55. The van der Waals surface area contributed by atoms with Crippen molar-refractivity contribution < 1.29 is 0 Å². The van der Waals surface area contributed by atoms with Crippen LogP contribution in [0.4, 0.5) is 0 Å². The minimum absolute atomic E-state index is 0.123. The molecule has 0 saturated carbocycles. The molecule has 0 aliphatic heterocycles. The van der Waals surface area contributed by atoms with Gasteiger partial charge < -0.3 is 0 Å². The smallest absolute Gasteiger partial charge is 0.0434 e. The van der Waals surface area contributed by atoms with Crippen molar-refractivity contribution in [1.82, 2.24) is 0 Å². The summed E-state index contributed by atoms with van der Waals surface area (Å²) in [6.45, 7) is 9.64. The van der Waals surface area contributed by atoms with Crippen LogP contribution in [0.1, 0.15) is 49.9 Å². The summed E-state index contributed by atoms with van der Waals surface area (Å²) in [7, 11) is 0. The van der Waals surface area contributed by atoms with Gasteiger partial charge >= 0.3 is 0 Å². The van der Waals surface area contributed by atoms with Crippen LogP contribution >= 0.6 is 22.7 Å². The van der Waals surface area contributed by atoms with Gasteiger partial charge in [0.2, 0.25) is 0 Å². The summed E-state index contributed by atoms with van der Waals surface area (Å²) >= 11 is 3.85. The summed E-state index contributed by atoms with van der Waals surface area (Å²) < 4.78 is 5.37. The van der Waals surface area contributed by atoms with E-state index in [9.17, 15) is 0 Å². The van der Waals surface area contributed by atoms with Gasteiger partial charge in [0.1, 0.15) is 0 Å². The summed E-state index contributed by atoms with van der Waals surface area (Å²) in [5, 5.41) is 15.8. The molecule has 2 aliphatic rings. The Labute approximate surface area is 391 Å². The molecule has 2 heterocycles. The van der Waals surface area contributed by atoms with Crippen LogP contribution < -0.4 is 0 Å². The molecule has 0 unspecified atom stereocenters. The maximum Gasteiger partial charge on any atom is 0.0434 e. The van der Waals surface area contributed by atoms with Gasteiger partial charge in [0.05, 0.1) is 0 Å². The van der Waals surface area contributed by atoms with Crippen molar-refractivity contribution in [3.8, 4) is 44.5 Å². The Kier molecular flexibility index (Phi) is 7.22. The number of thiophene rings is 2. The Morgan fingerprint density at radius 2 is 0.652 bits per heavy atom.